The van der Waals surface area contributed by atoms with Gasteiger partial charge in [0.15, 0.2) is 0 Å². The van der Waals surface area contributed by atoms with Crippen LogP contribution in [0.5, 0.6) is 0 Å². The van der Waals surface area contributed by atoms with Gasteiger partial charge in [0.05, 0.1) is 5.39 Å². The normalized spacial score (nSPS) is 12.4. The summed E-state index contributed by atoms with van der Waals surface area (Å²) in [5.41, 5.74) is -1.45. The Balaban J connectivity index is 2.41. The number of nitrogens with zero attached hydrogens (tertiary/aromatic N) is 3. The highest BCUT2D eigenvalue weighted by Gasteiger charge is 2.32. The van der Waals surface area contributed by atoms with Gasteiger partial charge < -0.3 is 4.98 Å². The zero-order chi connectivity index (χ0) is 13.8. The predicted molar refractivity (Wildman–Crippen MR) is 63.8 cm³/mol. The molecule has 0 aliphatic rings. The van der Waals surface area contributed by atoms with Gasteiger partial charge in [0.25, 0.3) is 5.56 Å². The first-order valence-corrected chi connectivity index (χ1v) is 5.81. The molecule has 3 aromatic rings. The molecule has 3 aromatic heterocycles. The number of H-pyrrole nitrogens is 1. The van der Waals surface area contributed by atoms with Crippen molar-refractivity contribution in [3.05, 3.63) is 38.9 Å². The van der Waals surface area contributed by atoms with Crippen LogP contribution in [0.25, 0.3) is 16.7 Å². The Hall–Kier alpha value is -1.90. The summed E-state index contributed by atoms with van der Waals surface area (Å²) in [5, 5.41) is 3.91. The van der Waals surface area contributed by atoms with Gasteiger partial charge in [0.2, 0.25) is 0 Å². The minimum atomic E-state index is -4.56. The molecule has 0 amide bonds. The molecule has 0 aliphatic carbocycles. The second kappa shape index (κ2) is 3.80. The van der Waals surface area contributed by atoms with Gasteiger partial charge >= 0.3 is 6.18 Å². The molecule has 3 heterocycles. The molecule has 9 heteroatoms. The maximum atomic E-state index is 12.6. The minimum absolute atomic E-state index is 0.0381. The molecule has 0 radical (unpaired) electrons. The fourth-order valence-corrected chi connectivity index (χ4v) is 2.09. The van der Waals surface area contributed by atoms with E-state index in [0.29, 0.717) is 4.60 Å². The minimum Gasteiger partial charge on any atom is -0.324 e. The van der Waals surface area contributed by atoms with Gasteiger partial charge in [-0.05, 0) is 28.1 Å². The summed E-state index contributed by atoms with van der Waals surface area (Å²) in [6, 6.07) is 3.32. The molecule has 1 N–H and O–H groups in total. The SMILES string of the molecule is O=c1c2ccc(C(F)(F)F)nc2[nH]c2cc(Br)nn12. The lowest BCUT2D eigenvalue weighted by atomic mass is 10.3. The molecule has 0 aromatic carbocycles. The van der Waals surface area contributed by atoms with Crippen LogP contribution in [0.2, 0.25) is 0 Å². The second-order valence-corrected chi connectivity index (χ2v) is 4.60. The Bertz CT molecular complexity index is 851. The summed E-state index contributed by atoms with van der Waals surface area (Å²) in [4.78, 5) is 18.1. The number of aromatic amines is 1. The van der Waals surface area contributed by atoms with E-state index >= 15 is 0 Å². The van der Waals surface area contributed by atoms with Gasteiger partial charge in [-0.2, -0.15) is 22.8 Å². The third kappa shape index (κ3) is 1.89. The summed E-state index contributed by atoms with van der Waals surface area (Å²) < 4.78 is 39.1. The van der Waals surface area contributed by atoms with Crippen molar-refractivity contribution in [3.63, 3.8) is 0 Å². The molecular formula is C10H4BrF3N4O. The summed E-state index contributed by atoms with van der Waals surface area (Å²) in [6.07, 6.45) is -4.56. The summed E-state index contributed by atoms with van der Waals surface area (Å²) in [5.74, 6) is 0. The average molecular weight is 333 g/mol. The van der Waals surface area contributed by atoms with E-state index in [0.717, 1.165) is 16.6 Å². The van der Waals surface area contributed by atoms with E-state index in [9.17, 15) is 18.0 Å². The summed E-state index contributed by atoms with van der Waals surface area (Å²) in [6.45, 7) is 0. The molecule has 0 saturated carbocycles. The van der Waals surface area contributed by atoms with Crippen molar-refractivity contribution in [3.8, 4) is 0 Å². The van der Waals surface area contributed by atoms with E-state index in [-0.39, 0.29) is 16.7 Å². The van der Waals surface area contributed by atoms with Crippen LogP contribution in [-0.2, 0) is 6.18 Å². The Labute approximate surface area is 111 Å². The van der Waals surface area contributed by atoms with E-state index < -0.39 is 17.4 Å². The quantitative estimate of drug-likeness (QED) is 0.687. The molecule has 5 nitrogen and oxygen atoms in total. The van der Waals surface area contributed by atoms with Crippen molar-refractivity contribution in [2.75, 3.05) is 0 Å². The number of nitrogens with one attached hydrogen (secondary N) is 1. The van der Waals surface area contributed by atoms with Crippen LogP contribution >= 0.6 is 15.9 Å². The molecule has 98 valence electrons. The average Bonchev–Trinajstić information content (AvgIpc) is 2.68. The third-order valence-corrected chi connectivity index (χ3v) is 2.92. The first-order chi connectivity index (χ1) is 8.86. The van der Waals surface area contributed by atoms with Gasteiger partial charge in [-0.15, -0.1) is 0 Å². The number of halogens is 4. The van der Waals surface area contributed by atoms with Crippen LogP contribution in [0.15, 0.2) is 27.6 Å². The fraction of sp³-hybridized carbons (Fsp3) is 0.100. The van der Waals surface area contributed by atoms with Crippen molar-refractivity contribution in [2.24, 2.45) is 0 Å². The lowest BCUT2D eigenvalue weighted by Crippen LogP contribution is -2.17. The van der Waals surface area contributed by atoms with Gasteiger partial charge in [-0.25, -0.2) is 4.98 Å². The monoisotopic (exact) mass is 332 g/mol. The topological polar surface area (TPSA) is 63.0 Å². The number of hydrogen-bond donors (Lipinski definition) is 1. The maximum Gasteiger partial charge on any atom is 0.433 e. The van der Waals surface area contributed by atoms with Crippen LogP contribution in [0.1, 0.15) is 5.69 Å². The van der Waals surface area contributed by atoms with E-state index in [1.165, 1.54) is 6.07 Å². The van der Waals surface area contributed by atoms with Gasteiger partial charge in [-0.3, -0.25) is 4.79 Å². The number of pyridine rings is 1. The highest BCUT2D eigenvalue weighted by molar-refractivity contribution is 9.10. The standard InChI is InChI=1S/C10H4BrF3N4O/c11-6-3-7-16-8-4(9(19)18(7)17-6)1-2-5(15-8)10(12,13)14/h1-3H,(H,15,16). The molecular weight excluding hydrogens is 329 g/mol. The van der Waals surface area contributed by atoms with Crippen LogP contribution in [0.4, 0.5) is 13.2 Å². The first kappa shape index (κ1) is 12.2. The first-order valence-electron chi connectivity index (χ1n) is 5.02. The van der Waals surface area contributed by atoms with Crippen molar-refractivity contribution < 1.29 is 13.2 Å². The van der Waals surface area contributed by atoms with Crippen molar-refractivity contribution in [1.82, 2.24) is 19.6 Å². The molecule has 0 spiro atoms. The molecule has 19 heavy (non-hydrogen) atoms. The summed E-state index contributed by atoms with van der Waals surface area (Å²) >= 11 is 3.09. The third-order valence-electron chi connectivity index (χ3n) is 2.53. The van der Waals surface area contributed by atoms with Crippen molar-refractivity contribution in [1.29, 1.82) is 0 Å². The smallest absolute Gasteiger partial charge is 0.324 e. The fourth-order valence-electron chi connectivity index (χ4n) is 1.72. The molecule has 0 saturated heterocycles. The Morgan fingerprint density at radius 2 is 2.05 bits per heavy atom. The molecule has 0 unspecified atom stereocenters. The van der Waals surface area contributed by atoms with E-state index in [1.807, 2.05) is 0 Å². The van der Waals surface area contributed by atoms with Crippen molar-refractivity contribution in [2.45, 2.75) is 6.18 Å². The van der Waals surface area contributed by atoms with E-state index in [2.05, 4.69) is 31.0 Å². The number of hydrogen-bond acceptors (Lipinski definition) is 3. The van der Waals surface area contributed by atoms with Gasteiger partial charge in [-0.1, -0.05) is 0 Å². The van der Waals surface area contributed by atoms with Crippen LogP contribution in [0, 0.1) is 0 Å². The molecule has 3 rings (SSSR count). The zero-order valence-corrected chi connectivity index (χ0v) is 10.6. The van der Waals surface area contributed by atoms with Crippen molar-refractivity contribution >= 4 is 32.6 Å². The largest absolute Gasteiger partial charge is 0.433 e. The Morgan fingerprint density at radius 1 is 1.32 bits per heavy atom. The highest BCUT2D eigenvalue weighted by atomic mass is 79.9. The second-order valence-electron chi connectivity index (χ2n) is 3.78. The number of rotatable bonds is 0. The van der Waals surface area contributed by atoms with E-state index in [1.54, 1.807) is 0 Å². The Morgan fingerprint density at radius 3 is 2.74 bits per heavy atom. The lowest BCUT2D eigenvalue weighted by Gasteiger charge is -2.06. The number of alkyl halides is 3. The van der Waals surface area contributed by atoms with Crippen LogP contribution < -0.4 is 5.56 Å². The van der Waals surface area contributed by atoms with Gasteiger partial charge in [0, 0.05) is 6.07 Å². The molecule has 0 fully saturated rings. The number of fused-ring (bicyclic) bond motifs is 2. The highest BCUT2D eigenvalue weighted by Crippen LogP contribution is 2.28. The Kier molecular flexibility index (Phi) is 2.43. The van der Waals surface area contributed by atoms with E-state index in [4.69, 9.17) is 0 Å². The zero-order valence-electron chi connectivity index (χ0n) is 8.99. The summed E-state index contributed by atoms with van der Waals surface area (Å²) in [7, 11) is 0. The number of aromatic nitrogens is 4. The molecule has 0 atom stereocenters. The lowest BCUT2D eigenvalue weighted by molar-refractivity contribution is -0.141. The maximum absolute atomic E-state index is 12.6. The van der Waals surface area contributed by atoms with Crippen LogP contribution in [-0.4, -0.2) is 19.6 Å². The molecule has 0 bridgehead atoms. The predicted octanol–water partition coefficient (Wildman–Crippen LogP) is 2.35. The van der Waals surface area contributed by atoms with Gasteiger partial charge in [0.1, 0.15) is 21.6 Å². The van der Waals surface area contributed by atoms with Crippen LogP contribution in [0.3, 0.4) is 0 Å². The molecule has 0 aliphatic heterocycles.